The molecule has 1 aliphatic heterocycles. The molecule has 0 amide bonds. The molecule has 6 heteroatoms. The molecule has 2 heterocycles. The van der Waals surface area contributed by atoms with E-state index in [0.29, 0.717) is 17.9 Å². The largest absolute Gasteiger partial charge is 0.497 e. The van der Waals surface area contributed by atoms with Crippen molar-refractivity contribution >= 4 is 11.8 Å². The van der Waals surface area contributed by atoms with Crippen molar-refractivity contribution in [2.45, 2.75) is 38.8 Å². The molecule has 0 saturated heterocycles. The molecule has 2 aromatic rings. The Labute approximate surface area is 153 Å². The Morgan fingerprint density at radius 1 is 1.19 bits per heavy atom. The van der Waals surface area contributed by atoms with E-state index in [0.717, 1.165) is 22.8 Å². The Morgan fingerprint density at radius 2 is 1.96 bits per heavy atom. The number of nitrogens with one attached hydrogen (secondary N) is 1. The van der Waals surface area contributed by atoms with Crippen LogP contribution in [0.1, 0.15) is 48.3 Å². The predicted octanol–water partition coefficient (Wildman–Crippen LogP) is 3.76. The normalized spacial score (nSPS) is 17.9. The Hall–Kier alpha value is -2.76. The van der Waals surface area contributed by atoms with Crippen molar-refractivity contribution in [1.82, 2.24) is 4.98 Å². The van der Waals surface area contributed by atoms with Gasteiger partial charge in [0.15, 0.2) is 0 Å². The van der Waals surface area contributed by atoms with Crippen LogP contribution in [0.5, 0.6) is 11.5 Å². The summed E-state index contributed by atoms with van der Waals surface area (Å²) in [6.45, 7) is 6.38. The van der Waals surface area contributed by atoms with Crippen LogP contribution in [0.2, 0.25) is 0 Å². The smallest absolute Gasteiger partial charge is 0.340 e. The highest BCUT2D eigenvalue weighted by molar-refractivity contribution is 5.92. The average Bonchev–Trinajstić information content (AvgIpc) is 2.64. The fourth-order valence-electron chi connectivity index (χ4n) is 2.97. The van der Waals surface area contributed by atoms with E-state index in [2.05, 4.69) is 10.3 Å². The number of aromatic nitrogens is 1. The minimum atomic E-state index is -0.574. The lowest BCUT2D eigenvalue weighted by Crippen LogP contribution is -2.39. The molecule has 1 aromatic carbocycles. The summed E-state index contributed by atoms with van der Waals surface area (Å²) in [4.78, 5) is 16.8. The van der Waals surface area contributed by atoms with Gasteiger partial charge in [-0.2, -0.15) is 0 Å². The van der Waals surface area contributed by atoms with Crippen molar-refractivity contribution in [3.63, 3.8) is 0 Å². The van der Waals surface area contributed by atoms with Crippen molar-refractivity contribution < 1.29 is 19.0 Å². The molecule has 1 aliphatic rings. The summed E-state index contributed by atoms with van der Waals surface area (Å²) in [5, 5.41) is 3.30. The summed E-state index contributed by atoms with van der Waals surface area (Å²) >= 11 is 0. The van der Waals surface area contributed by atoms with Gasteiger partial charge in [0.2, 0.25) is 0 Å². The van der Waals surface area contributed by atoms with Gasteiger partial charge >= 0.3 is 5.97 Å². The third-order valence-electron chi connectivity index (χ3n) is 4.91. The lowest BCUT2D eigenvalue weighted by molar-refractivity contribution is -0.0189. The summed E-state index contributed by atoms with van der Waals surface area (Å²) in [7, 11) is 3.25. The third-order valence-corrected chi connectivity index (χ3v) is 4.91. The van der Waals surface area contributed by atoms with Crippen LogP contribution in [0.3, 0.4) is 0 Å². The first kappa shape index (κ1) is 18.0. The average molecular weight is 356 g/mol. The number of anilines is 1. The SMILES string of the molecule is COc1ccc(CNc2ccc3c(n2)[C@H](C)C(C)(C)OC3=O)c(OC)c1. The number of carbonyl (C=O) groups excluding carboxylic acids is 1. The van der Waals surface area contributed by atoms with E-state index in [1.807, 2.05) is 39.0 Å². The zero-order chi connectivity index (χ0) is 18.9. The molecule has 0 aliphatic carbocycles. The number of rotatable bonds is 5. The quantitative estimate of drug-likeness (QED) is 0.823. The molecule has 138 valence electrons. The topological polar surface area (TPSA) is 69.7 Å². The van der Waals surface area contributed by atoms with E-state index in [1.165, 1.54) is 0 Å². The zero-order valence-electron chi connectivity index (χ0n) is 15.8. The zero-order valence-corrected chi connectivity index (χ0v) is 15.8. The van der Waals surface area contributed by atoms with Gasteiger partial charge in [-0.3, -0.25) is 0 Å². The van der Waals surface area contributed by atoms with Crippen molar-refractivity contribution in [2.75, 3.05) is 19.5 Å². The number of pyridine rings is 1. The Kier molecular flexibility index (Phi) is 4.76. The molecule has 1 aromatic heterocycles. The van der Waals surface area contributed by atoms with E-state index in [9.17, 15) is 4.79 Å². The highest BCUT2D eigenvalue weighted by Gasteiger charge is 2.40. The van der Waals surface area contributed by atoms with Gasteiger partial charge in [0, 0.05) is 24.1 Å². The molecule has 0 fully saturated rings. The van der Waals surface area contributed by atoms with Crippen molar-refractivity contribution in [3.8, 4) is 11.5 Å². The van der Waals surface area contributed by atoms with Gasteiger partial charge in [0.25, 0.3) is 0 Å². The number of hydrogen-bond acceptors (Lipinski definition) is 6. The fraction of sp³-hybridized carbons (Fsp3) is 0.400. The van der Waals surface area contributed by atoms with Gasteiger partial charge < -0.3 is 19.5 Å². The van der Waals surface area contributed by atoms with Crippen LogP contribution in [0, 0.1) is 0 Å². The number of methoxy groups -OCH3 is 2. The van der Waals surface area contributed by atoms with E-state index in [1.54, 1.807) is 26.4 Å². The van der Waals surface area contributed by atoms with Gasteiger partial charge in [-0.15, -0.1) is 0 Å². The summed E-state index contributed by atoms with van der Waals surface area (Å²) < 4.78 is 16.2. The van der Waals surface area contributed by atoms with Crippen LogP contribution in [0.25, 0.3) is 0 Å². The number of nitrogens with zero attached hydrogens (tertiary/aromatic N) is 1. The van der Waals surface area contributed by atoms with Gasteiger partial charge in [-0.25, -0.2) is 9.78 Å². The molecule has 0 spiro atoms. The van der Waals surface area contributed by atoms with Crippen LogP contribution < -0.4 is 14.8 Å². The number of ether oxygens (including phenoxy) is 3. The second-order valence-electron chi connectivity index (χ2n) is 6.88. The van der Waals surface area contributed by atoms with Gasteiger partial charge in [-0.05, 0) is 38.1 Å². The number of hydrogen-bond donors (Lipinski definition) is 1. The van der Waals surface area contributed by atoms with Gasteiger partial charge in [0.1, 0.15) is 22.9 Å². The van der Waals surface area contributed by atoms with Gasteiger partial charge in [-0.1, -0.05) is 6.92 Å². The minimum Gasteiger partial charge on any atom is -0.497 e. The van der Waals surface area contributed by atoms with E-state index in [4.69, 9.17) is 14.2 Å². The highest BCUT2D eigenvalue weighted by atomic mass is 16.6. The first-order valence-electron chi connectivity index (χ1n) is 8.54. The molecule has 3 rings (SSSR count). The molecule has 0 saturated carbocycles. The second-order valence-corrected chi connectivity index (χ2v) is 6.88. The van der Waals surface area contributed by atoms with Crippen LogP contribution >= 0.6 is 0 Å². The maximum Gasteiger partial charge on any atom is 0.340 e. The second kappa shape index (κ2) is 6.86. The summed E-state index contributed by atoms with van der Waals surface area (Å²) in [5.41, 5.74) is 1.71. The molecule has 26 heavy (non-hydrogen) atoms. The third kappa shape index (κ3) is 3.31. The number of esters is 1. The van der Waals surface area contributed by atoms with E-state index in [-0.39, 0.29) is 11.9 Å². The summed E-state index contributed by atoms with van der Waals surface area (Å²) in [6, 6.07) is 9.25. The first-order chi connectivity index (χ1) is 12.4. The maximum absolute atomic E-state index is 12.2. The highest BCUT2D eigenvalue weighted by Crippen LogP contribution is 2.37. The summed E-state index contributed by atoms with van der Waals surface area (Å²) in [6.07, 6.45) is 0. The Balaban J connectivity index is 1.82. The van der Waals surface area contributed by atoms with Crippen LogP contribution in [0.15, 0.2) is 30.3 Å². The first-order valence-corrected chi connectivity index (χ1v) is 8.54. The molecule has 0 radical (unpaired) electrons. The maximum atomic E-state index is 12.2. The molecule has 0 bridgehead atoms. The predicted molar refractivity (Wildman–Crippen MR) is 99.0 cm³/mol. The molecule has 6 nitrogen and oxygen atoms in total. The van der Waals surface area contributed by atoms with Crippen LogP contribution in [0.4, 0.5) is 5.82 Å². The molecule has 0 unspecified atom stereocenters. The fourth-order valence-corrected chi connectivity index (χ4v) is 2.97. The van der Waals surface area contributed by atoms with Crippen molar-refractivity contribution in [3.05, 3.63) is 47.2 Å². The Bertz CT molecular complexity index is 833. The van der Waals surface area contributed by atoms with Crippen molar-refractivity contribution in [2.24, 2.45) is 0 Å². The number of carbonyl (C=O) groups is 1. The molecule has 1 atom stereocenters. The van der Waals surface area contributed by atoms with Gasteiger partial charge in [0.05, 0.1) is 25.5 Å². The number of cyclic esters (lactones) is 1. The van der Waals surface area contributed by atoms with E-state index >= 15 is 0 Å². The minimum absolute atomic E-state index is 0.00692. The number of fused-ring (bicyclic) bond motifs is 1. The monoisotopic (exact) mass is 356 g/mol. The summed E-state index contributed by atoms with van der Waals surface area (Å²) in [5.74, 6) is 1.88. The number of benzene rings is 1. The van der Waals surface area contributed by atoms with Crippen molar-refractivity contribution in [1.29, 1.82) is 0 Å². The Morgan fingerprint density at radius 3 is 2.65 bits per heavy atom. The molecular weight excluding hydrogens is 332 g/mol. The molecule has 1 N–H and O–H groups in total. The lowest BCUT2D eigenvalue weighted by Gasteiger charge is -2.36. The van der Waals surface area contributed by atoms with Crippen LogP contribution in [-0.4, -0.2) is 30.8 Å². The molecular formula is C20H24N2O4. The van der Waals surface area contributed by atoms with Crippen LogP contribution in [-0.2, 0) is 11.3 Å². The van der Waals surface area contributed by atoms with E-state index < -0.39 is 5.60 Å². The lowest BCUT2D eigenvalue weighted by atomic mass is 9.84. The standard InChI is InChI=1S/C20H24N2O4/c1-12-18-15(19(23)26-20(12,2)3)8-9-17(22-18)21-11-13-6-7-14(24-4)10-16(13)25-5/h6-10,12H,11H2,1-5H3,(H,21,22)/t12-/m0/s1.